The van der Waals surface area contributed by atoms with Gasteiger partial charge in [0.15, 0.2) is 0 Å². The summed E-state index contributed by atoms with van der Waals surface area (Å²) in [4.78, 5) is 13.5. The van der Waals surface area contributed by atoms with Crippen LogP contribution in [0.15, 0.2) is 18.3 Å². The van der Waals surface area contributed by atoms with Crippen molar-refractivity contribution < 1.29 is 14.3 Å². The summed E-state index contributed by atoms with van der Waals surface area (Å²) >= 11 is 0. The molecule has 0 bridgehead atoms. The Morgan fingerprint density at radius 2 is 2.42 bits per heavy atom. The summed E-state index contributed by atoms with van der Waals surface area (Å²) in [5, 5.41) is 8.33. The minimum Gasteiger partial charge on any atom is -0.481 e. The van der Waals surface area contributed by atoms with E-state index < -0.39 is 11.9 Å². The fourth-order valence-corrected chi connectivity index (χ4v) is 0.849. The van der Waals surface area contributed by atoms with Gasteiger partial charge in [0, 0.05) is 12.6 Å². The minimum absolute atomic E-state index is 0.0173. The van der Waals surface area contributed by atoms with Crippen LogP contribution >= 0.6 is 0 Å². The highest BCUT2D eigenvalue weighted by atomic mass is 19.1. The van der Waals surface area contributed by atoms with Crippen LogP contribution in [0.3, 0.4) is 0 Å². The molecular formula is C8H8FNO2. The number of aromatic nitrogens is 1. The number of nitrogens with zero attached hydrogens (tertiary/aromatic N) is 1. The SMILES string of the molecule is O=C(O)CCc1ccnc(F)c1. The van der Waals surface area contributed by atoms with Crippen molar-refractivity contribution in [3.05, 3.63) is 29.8 Å². The van der Waals surface area contributed by atoms with Crippen LogP contribution in [0.25, 0.3) is 0 Å². The van der Waals surface area contributed by atoms with E-state index >= 15 is 0 Å². The lowest BCUT2D eigenvalue weighted by atomic mass is 10.1. The van der Waals surface area contributed by atoms with Crippen molar-refractivity contribution in [1.82, 2.24) is 4.98 Å². The molecule has 0 saturated heterocycles. The number of carbonyl (C=O) groups is 1. The molecule has 0 saturated carbocycles. The molecule has 0 aliphatic rings. The predicted molar refractivity (Wildman–Crippen MR) is 40.2 cm³/mol. The lowest BCUT2D eigenvalue weighted by Crippen LogP contribution is -1.98. The van der Waals surface area contributed by atoms with Gasteiger partial charge in [0.1, 0.15) is 0 Å². The van der Waals surface area contributed by atoms with Crippen molar-refractivity contribution >= 4 is 5.97 Å². The molecule has 1 rings (SSSR count). The highest BCUT2D eigenvalue weighted by Gasteiger charge is 1.99. The fourth-order valence-electron chi connectivity index (χ4n) is 0.849. The summed E-state index contributed by atoms with van der Waals surface area (Å²) in [6, 6.07) is 2.84. The second kappa shape index (κ2) is 3.80. The second-order valence-electron chi connectivity index (χ2n) is 2.38. The van der Waals surface area contributed by atoms with Gasteiger partial charge in [0.25, 0.3) is 0 Å². The van der Waals surface area contributed by atoms with Gasteiger partial charge in [-0.25, -0.2) is 4.98 Å². The zero-order valence-electron chi connectivity index (χ0n) is 6.33. The van der Waals surface area contributed by atoms with Crippen LogP contribution in [0.1, 0.15) is 12.0 Å². The van der Waals surface area contributed by atoms with Crippen molar-refractivity contribution in [3.8, 4) is 0 Å². The molecular weight excluding hydrogens is 161 g/mol. The number of aliphatic carboxylic acids is 1. The van der Waals surface area contributed by atoms with Crippen LogP contribution in [-0.4, -0.2) is 16.1 Å². The molecule has 0 aromatic carbocycles. The summed E-state index contributed by atoms with van der Waals surface area (Å²) in [6.07, 6.45) is 1.69. The largest absolute Gasteiger partial charge is 0.481 e. The molecule has 64 valence electrons. The Hall–Kier alpha value is -1.45. The molecule has 0 unspecified atom stereocenters. The Labute approximate surface area is 68.9 Å². The number of hydrogen-bond donors (Lipinski definition) is 1. The van der Waals surface area contributed by atoms with Gasteiger partial charge < -0.3 is 5.11 Å². The molecule has 1 heterocycles. The average molecular weight is 169 g/mol. The molecule has 0 spiro atoms. The molecule has 3 nitrogen and oxygen atoms in total. The first-order valence-electron chi connectivity index (χ1n) is 3.50. The number of hydrogen-bond acceptors (Lipinski definition) is 2. The normalized spacial score (nSPS) is 9.75. The van der Waals surface area contributed by atoms with E-state index in [0.717, 1.165) is 0 Å². The fraction of sp³-hybridized carbons (Fsp3) is 0.250. The molecule has 1 aromatic rings. The van der Waals surface area contributed by atoms with Gasteiger partial charge in [-0.05, 0) is 24.1 Å². The third-order valence-electron chi connectivity index (χ3n) is 1.42. The third kappa shape index (κ3) is 2.65. The van der Waals surface area contributed by atoms with Gasteiger partial charge in [0.2, 0.25) is 5.95 Å². The van der Waals surface area contributed by atoms with Gasteiger partial charge in [-0.3, -0.25) is 4.79 Å². The molecule has 0 aliphatic heterocycles. The number of halogens is 1. The van der Waals surface area contributed by atoms with Crippen LogP contribution in [0.5, 0.6) is 0 Å². The quantitative estimate of drug-likeness (QED) is 0.692. The van der Waals surface area contributed by atoms with Gasteiger partial charge in [-0.1, -0.05) is 0 Å². The maximum atomic E-state index is 12.4. The Bertz CT molecular complexity index is 288. The van der Waals surface area contributed by atoms with E-state index in [1.165, 1.54) is 12.3 Å². The predicted octanol–water partition coefficient (Wildman–Crippen LogP) is 1.24. The van der Waals surface area contributed by atoms with E-state index in [4.69, 9.17) is 5.11 Å². The standard InChI is InChI=1S/C8H8FNO2/c9-7-5-6(3-4-10-7)1-2-8(11)12/h3-5H,1-2H2,(H,11,12). The number of carboxylic acids is 1. The van der Waals surface area contributed by atoms with Gasteiger partial charge in [-0.2, -0.15) is 4.39 Å². The van der Waals surface area contributed by atoms with Crippen LogP contribution in [0, 0.1) is 5.95 Å². The zero-order valence-corrected chi connectivity index (χ0v) is 6.33. The molecule has 12 heavy (non-hydrogen) atoms. The van der Waals surface area contributed by atoms with Gasteiger partial charge in [0.05, 0.1) is 0 Å². The maximum Gasteiger partial charge on any atom is 0.303 e. The Morgan fingerprint density at radius 1 is 1.67 bits per heavy atom. The van der Waals surface area contributed by atoms with E-state index in [-0.39, 0.29) is 6.42 Å². The van der Waals surface area contributed by atoms with Crippen LogP contribution < -0.4 is 0 Å². The van der Waals surface area contributed by atoms with Gasteiger partial charge in [-0.15, -0.1) is 0 Å². The maximum absolute atomic E-state index is 12.4. The lowest BCUT2D eigenvalue weighted by molar-refractivity contribution is -0.136. The summed E-state index contributed by atoms with van der Waals surface area (Å²) in [7, 11) is 0. The van der Waals surface area contributed by atoms with Crippen molar-refractivity contribution in [2.45, 2.75) is 12.8 Å². The third-order valence-corrected chi connectivity index (χ3v) is 1.42. The summed E-state index contributed by atoms with van der Waals surface area (Å²) < 4.78 is 12.4. The highest BCUT2D eigenvalue weighted by molar-refractivity contribution is 5.67. The summed E-state index contributed by atoms with van der Waals surface area (Å²) in [5.41, 5.74) is 0.657. The minimum atomic E-state index is -0.882. The van der Waals surface area contributed by atoms with E-state index in [1.54, 1.807) is 6.07 Å². The molecule has 0 amide bonds. The first kappa shape index (κ1) is 8.64. The summed E-state index contributed by atoms with van der Waals surface area (Å²) in [5.74, 6) is -1.45. The zero-order chi connectivity index (χ0) is 8.97. The van der Waals surface area contributed by atoms with Crippen molar-refractivity contribution in [2.75, 3.05) is 0 Å². The van der Waals surface area contributed by atoms with Crippen LogP contribution in [0.2, 0.25) is 0 Å². The second-order valence-corrected chi connectivity index (χ2v) is 2.38. The molecule has 0 aliphatic carbocycles. The number of carboxylic acid groups (broad SMARTS) is 1. The smallest absolute Gasteiger partial charge is 0.303 e. The molecule has 0 atom stereocenters. The Kier molecular flexibility index (Phi) is 2.74. The number of aryl methyl sites for hydroxylation is 1. The van der Waals surface area contributed by atoms with E-state index in [9.17, 15) is 9.18 Å². The molecule has 0 radical (unpaired) electrons. The molecule has 0 fully saturated rings. The van der Waals surface area contributed by atoms with Crippen LogP contribution in [-0.2, 0) is 11.2 Å². The molecule has 4 heteroatoms. The van der Waals surface area contributed by atoms with Crippen LogP contribution in [0.4, 0.5) is 4.39 Å². The summed E-state index contributed by atoms with van der Waals surface area (Å²) in [6.45, 7) is 0. The Balaban J connectivity index is 2.57. The van der Waals surface area contributed by atoms with Gasteiger partial charge >= 0.3 is 5.97 Å². The van der Waals surface area contributed by atoms with E-state index in [0.29, 0.717) is 12.0 Å². The van der Waals surface area contributed by atoms with E-state index in [1.807, 2.05) is 0 Å². The number of rotatable bonds is 3. The first-order chi connectivity index (χ1) is 5.68. The molecule has 1 aromatic heterocycles. The monoisotopic (exact) mass is 169 g/mol. The topological polar surface area (TPSA) is 50.2 Å². The first-order valence-corrected chi connectivity index (χ1v) is 3.50. The molecule has 1 N–H and O–H groups in total. The highest BCUT2D eigenvalue weighted by Crippen LogP contribution is 2.03. The lowest BCUT2D eigenvalue weighted by Gasteiger charge is -1.96. The number of pyridine rings is 1. The van der Waals surface area contributed by atoms with Crippen molar-refractivity contribution in [1.29, 1.82) is 0 Å². The van der Waals surface area contributed by atoms with Crippen molar-refractivity contribution in [2.24, 2.45) is 0 Å². The average Bonchev–Trinajstić information content (AvgIpc) is 2.01. The van der Waals surface area contributed by atoms with Crippen molar-refractivity contribution in [3.63, 3.8) is 0 Å². The van der Waals surface area contributed by atoms with E-state index in [2.05, 4.69) is 4.98 Å². The Morgan fingerprint density at radius 3 is 3.00 bits per heavy atom.